The Balaban J connectivity index is 1.49. The molecule has 0 aliphatic carbocycles. The van der Waals surface area contributed by atoms with Crippen LogP contribution in [0.5, 0.6) is 5.75 Å². The van der Waals surface area contributed by atoms with Crippen LogP contribution in [0.2, 0.25) is 0 Å². The van der Waals surface area contributed by atoms with Crippen LogP contribution in [-0.2, 0) is 17.8 Å². The number of benzene rings is 1. The van der Waals surface area contributed by atoms with Crippen molar-refractivity contribution in [1.29, 1.82) is 0 Å². The van der Waals surface area contributed by atoms with E-state index in [1.807, 2.05) is 44.6 Å². The molecule has 0 atom stereocenters. The average molecular weight is 384 g/mol. The van der Waals surface area contributed by atoms with E-state index in [-0.39, 0.29) is 12.3 Å². The summed E-state index contributed by atoms with van der Waals surface area (Å²) in [5, 5.41) is 11.0. The highest BCUT2D eigenvalue weighted by Gasteiger charge is 2.11. The van der Waals surface area contributed by atoms with E-state index in [2.05, 4.69) is 25.5 Å². The molecule has 0 saturated carbocycles. The van der Waals surface area contributed by atoms with Gasteiger partial charge in [0.15, 0.2) is 0 Å². The number of aromatic nitrogens is 4. The van der Waals surface area contributed by atoms with Crippen LogP contribution in [0, 0.1) is 0 Å². The molecule has 1 amide bonds. The van der Waals surface area contributed by atoms with E-state index in [9.17, 15) is 4.79 Å². The summed E-state index contributed by atoms with van der Waals surface area (Å²) in [5.74, 6) is 1.54. The molecule has 9 nitrogen and oxygen atoms in total. The van der Waals surface area contributed by atoms with Gasteiger partial charge in [-0.1, -0.05) is 5.16 Å². The van der Waals surface area contributed by atoms with Gasteiger partial charge in [0.05, 0.1) is 25.5 Å². The summed E-state index contributed by atoms with van der Waals surface area (Å²) in [7, 11) is 5.62. The molecular formula is C19H24N6O3. The number of methoxy groups -OCH3 is 1. The molecule has 28 heavy (non-hydrogen) atoms. The first-order valence-electron chi connectivity index (χ1n) is 8.97. The number of nitrogens with zero attached hydrogens (tertiary/aromatic N) is 5. The first-order valence-corrected chi connectivity index (χ1v) is 8.97. The third kappa shape index (κ3) is 5.40. The lowest BCUT2D eigenvalue weighted by atomic mass is 10.2. The maximum Gasteiger partial charge on any atom is 0.227 e. The number of rotatable bonds is 9. The minimum atomic E-state index is -0.128. The van der Waals surface area contributed by atoms with Crippen LogP contribution in [0.1, 0.15) is 12.3 Å². The Bertz CT molecular complexity index is 901. The summed E-state index contributed by atoms with van der Waals surface area (Å²) < 4.78 is 12.2. The van der Waals surface area contributed by atoms with E-state index in [4.69, 9.17) is 9.26 Å². The van der Waals surface area contributed by atoms with Crippen LogP contribution >= 0.6 is 0 Å². The Labute approximate surface area is 163 Å². The summed E-state index contributed by atoms with van der Waals surface area (Å²) in [6.45, 7) is 1.64. The van der Waals surface area contributed by atoms with E-state index in [0.717, 1.165) is 24.4 Å². The van der Waals surface area contributed by atoms with E-state index >= 15 is 0 Å². The minimum absolute atomic E-state index is 0.128. The van der Waals surface area contributed by atoms with Gasteiger partial charge in [-0.2, -0.15) is 10.1 Å². The van der Waals surface area contributed by atoms with Crippen molar-refractivity contribution in [2.24, 2.45) is 0 Å². The Morgan fingerprint density at radius 1 is 1.29 bits per heavy atom. The quantitative estimate of drug-likeness (QED) is 0.603. The van der Waals surface area contributed by atoms with Crippen LogP contribution in [0.25, 0.3) is 11.4 Å². The summed E-state index contributed by atoms with van der Waals surface area (Å²) in [6, 6.07) is 7.37. The smallest absolute Gasteiger partial charge is 0.227 e. The van der Waals surface area contributed by atoms with Crippen LogP contribution in [0.15, 0.2) is 41.2 Å². The third-order valence-corrected chi connectivity index (χ3v) is 4.08. The lowest BCUT2D eigenvalue weighted by Gasteiger charge is -2.08. The molecule has 0 spiro atoms. The molecule has 0 saturated heterocycles. The fourth-order valence-corrected chi connectivity index (χ4v) is 2.51. The Morgan fingerprint density at radius 2 is 2.07 bits per heavy atom. The largest absolute Gasteiger partial charge is 0.497 e. The van der Waals surface area contributed by atoms with Gasteiger partial charge in [0.2, 0.25) is 17.6 Å². The molecule has 0 unspecified atom stereocenters. The van der Waals surface area contributed by atoms with Crippen molar-refractivity contribution in [3.05, 3.63) is 42.5 Å². The minimum Gasteiger partial charge on any atom is -0.497 e. The number of carbonyl (C=O) groups excluding carboxylic acids is 1. The summed E-state index contributed by atoms with van der Waals surface area (Å²) in [6.07, 6.45) is 4.06. The number of nitrogens with one attached hydrogen (secondary N) is 1. The van der Waals surface area contributed by atoms with Crippen molar-refractivity contribution in [3.63, 3.8) is 0 Å². The standard InChI is InChI=1S/C19H24N6O3/c1-24(2)10-11-25-13-15(12-20-25)21-17(26)8-9-18-22-19(23-28-18)14-4-6-16(27-3)7-5-14/h4-7,12-13H,8-11H2,1-3H3,(H,21,26). The molecule has 148 valence electrons. The highest BCUT2D eigenvalue weighted by Crippen LogP contribution is 2.20. The first-order chi connectivity index (χ1) is 13.5. The number of amides is 1. The van der Waals surface area contributed by atoms with Gasteiger partial charge in [0.1, 0.15) is 5.75 Å². The van der Waals surface area contributed by atoms with Gasteiger partial charge < -0.3 is 19.5 Å². The van der Waals surface area contributed by atoms with E-state index in [1.54, 1.807) is 18.0 Å². The zero-order chi connectivity index (χ0) is 19.9. The average Bonchev–Trinajstić information content (AvgIpc) is 3.34. The van der Waals surface area contributed by atoms with Gasteiger partial charge in [0.25, 0.3) is 0 Å². The topological polar surface area (TPSA) is 98.3 Å². The van der Waals surface area contributed by atoms with E-state index in [1.165, 1.54) is 0 Å². The van der Waals surface area contributed by atoms with Gasteiger partial charge in [-0.05, 0) is 38.4 Å². The first kappa shape index (κ1) is 19.6. The van der Waals surface area contributed by atoms with E-state index < -0.39 is 0 Å². The summed E-state index contributed by atoms with van der Waals surface area (Å²) in [4.78, 5) is 18.6. The van der Waals surface area contributed by atoms with Crippen LogP contribution in [-0.4, -0.2) is 58.5 Å². The molecule has 2 aromatic heterocycles. The zero-order valence-corrected chi connectivity index (χ0v) is 16.3. The monoisotopic (exact) mass is 384 g/mol. The second kappa shape index (κ2) is 9.14. The van der Waals surface area contributed by atoms with Crippen molar-refractivity contribution in [3.8, 4) is 17.1 Å². The summed E-state index contributed by atoms with van der Waals surface area (Å²) in [5.41, 5.74) is 1.50. The molecule has 1 aromatic carbocycles. The Hall–Kier alpha value is -3.20. The highest BCUT2D eigenvalue weighted by molar-refractivity contribution is 5.90. The lowest BCUT2D eigenvalue weighted by Crippen LogP contribution is -2.18. The SMILES string of the molecule is COc1ccc(-c2noc(CCC(=O)Nc3cnn(CCN(C)C)c3)n2)cc1. The molecule has 9 heteroatoms. The fourth-order valence-electron chi connectivity index (χ4n) is 2.51. The molecule has 3 rings (SSSR count). The normalized spacial score (nSPS) is 11.0. The molecule has 0 radical (unpaired) electrons. The number of hydrogen-bond donors (Lipinski definition) is 1. The van der Waals surface area contributed by atoms with Crippen LogP contribution in [0.3, 0.4) is 0 Å². The van der Waals surface area contributed by atoms with E-state index in [0.29, 0.717) is 23.8 Å². The van der Waals surface area contributed by atoms with Crippen LogP contribution in [0.4, 0.5) is 5.69 Å². The molecule has 0 fully saturated rings. The molecule has 1 N–H and O–H groups in total. The zero-order valence-electron chi connectivity index (χ0n) is 16.3. The van der Waals surface area contributed by atoms with Crippen LogP contribution < -0.4 is 10.1 Å². The van der Waals surface area contributed by atoms with Gasteiger partial charge in [0, 0.05) is 31.1 Å². The fraction of sp³-hybridized carbons (Fsp3) is 0.368. The van der Waals surface area contributed by atoms with Crippen molar-refractivity contribution < 1.29 is 14.1 Å². The third-order valence-electron chi connectivity index (χ3n) is 4.08. The Morgan fingerprint density at radius 3 is 2.79 bits per heavy atom. The predicted octanol–water partition coefficient (Wildman–Crippen LogP) is 2.07. The number of anilines is 1. The van der Waals surface area contributed by atoms with Gasteiger partial charge >= 0.3 is 0 Å². The second-order valence-electron chi connectivity index (χ2n) is 6.58. The number of ether oxygens (including phenoxy) is 1. The number of hydrogen-bond acceptors (Lipinski definition) is 7. The maximum absolute atomic E-state index is 12.1. The van der Waals surface area contributed by atoms with Crippen molar-refractivity contribution in [1.82, 2.24) is 24.8 Å². The molecule has 0 aliphatic rings. The molecule has 2 heterocycles. The number of carbonyl (C=O) groups is 1. The van der Waals surface area contributed by atoms with Crippen molar-refractivity contribution >= 4 is 11.6 Å². The Kier molecular flexibility index (Phi) is 6.38. The lowest BCUT2D eigenvalue weighted by molar-refractivity contribution is -0.116. The van der Waals surface area contributed by atoms with Gasteiger partial charge in [-0.25, -0.2) is 0 Å². The van der Waals surface area contributed by atoms with Crippen molar-refractivity contribution in [2.75, 3.05) is 33.1 Å². The van der Waals surface area contributed by atoms with Gasteiger partial charge in [-0.3, -0.25) is 9.48 Å². The van der Waals surface area contributed by atoms with Gasteiger partial charge in [-0.15, -0.1) is 0 Å². The molecule has 0 bridgehead atoms. The molecule has 0 aliphatic heterocycles. The highest BCUT2D eigenvalue weighted by atomic mass is 16.5. The maximum atomic E-state index is 12.1. The number of likely N-dealkylation sites (N-methyl/N-ethyl adjacent to an activating group) is 1. The summed E-state index contributed by atoms with van der Waals surface area (Å²) >= 11 is 0. The predicted molar refractivity (Wildman–Crippen MR) is 104 cm³/mol. The number of aryl methyl sites for hydroxylation is 1. The second-order valence-corrected chi connectivity index (χ2v) is 6.58. The van der Waals surface area contributed by atoms with Crippen molar-refractivity contribution in [2.45, 2.75) is 19.4 Å². The molecular weight excluding hydrogens is 360 g/mol. The molecule has 3 aromatic rings.